The van der Waals surface area contributed by atoms with Gasteiger partial charge in [-0.15, -0.1) is 0 Å². The van der Waals surface area contributed by atoms with Crippen molar-refractivity contribution < 1.29 is 14.0 Å². The van der Waals surface area contributed by atoms with Crippen LogP contribution in [-0.4, -0.2) is 34.2 Å². The summed E-state index contributed by atoms with van der Waals surface area (Å²) in [5, 5.41) is 8.85. The van der Waals surface area contributed by atoms with E-state index < -0.39 is 11.2 Å². The zero-order valence-corrected chi connectivity index (χ0v) is 22.0. The minimum Gasteiger partial charge on any atom is -0.348 e. The number of fused-ring (bicyclic) bond motifs is 1. The van der Waals surface area contributed by atoms with E-state index in [0.29, 0.717) is 30.8 Å². The Balaban J connectivity index is 1.28. The standard InChI is InChI=1S/C26H27BrClFN4O2/c1-15(2)33-22-13-16(27)3-5-19(22)23(31-33)24(34)30-18-7-9-26(10-8-18)11-12-32(25(26)35)21-6-4-17(29)14-20(21)28/h3-6,13-15,18H,7-12H2,1-2H3,(H,30,34)/t18-,26-. The van der Waals surface area contributed by atoms with Crippen LogP contribution >= 0.6 is 27.5 Å². The molecule has 2 heterocycles. The highest BCUT2D eigenvalue weighted by molar-refractivity contribution is 9.10. The Morgan fingerprint density at radius 3 is 2.63 bits per heavy atom. The molecule has 0 radical (unpaired) electrons. The van der Waals surface area contributed by atoms with Gasteiger partial charge in [0.1, 0.15) is 5.82 Å². The highest BCUT2D eigenvalue weighted by Crippen LogP contribution is 2.47. The third kappa shape index (κ3) is 4.35. The molecule has 2 amide bonds. The number of rotatable bonds is 4. The summed E-state index contributed by atoms with van der Waals surface area (Å²) in [5.74, 6) is -0.562. The average molecular weight is 562 g/mol. The third-order valence-electron chi connectivity index (χ3n) is 7.36. The van der Waals surface area contributed by atoms with Gasteiger partial charge in [0.25, 0.3) is 5.91 Å². The second-order valence-electron chi connectivity index (χ2n) is 9.88. The van der Waals surface area contributed by atoms with Crippen molar-refractivity contribution in [1.29, 1.82) is 0 Å². The largest absolute Gasteiger partial charge is 0.348 e. The minimum atomic E-state index is -0.447. The van der Waals surface area contributed by atoms with Crippen LogP contribution < -0.4 is 10.2 Å². The molecule has 35 heavy (non-hydrogen) atoms. The lowest BCUT2D eigenvalue weighted by Gasteiger charge is -2.36. The number of anilines is 1. The normalized spacial score (nSPS) is 22.5. The Morgan fingerprint density at radius 2 is 1.94 bits per heavy atom. The maximum Gasteiger partial charge on any atom is 0.272 e. The van der Waals surface area contributed by atoms with E-state index in [1.165, 1.54) is 12.1 Å². The Bertz CT molecular complexity index is 1320. The Hall–Kier alpha value is -2.45. The Morgan fingerprint density at radius 1 is 1.20 bits per heavy atom. The van der Waals surface area contributed by atoms with Crippen molar-refractivity contribution in [2.24, 2.45) is 5.41 Å². The van der Waals surface area contributed by atoms with Crippen LogP contribution in [0.3, 0.4) is 0 Å². The number of nitrogens with one attached hydrogen (secondary N) is 1. The van der Waals surface area contributed by atoms with Gasteiger partial charge in [0, 0.05) is 28.5 Å². The fourth-order valence-electron chi connectivity index (χ4n) is 5.45. The average Bonchev–Trinajstić information content (AvgIpc) is 3.34. The molecule has 2 fully saturated rings. The van der Waals surface area contributed by atoms with Crippen molar-refractivity contribution in [3.63, 3.8) is 0 Å². The lowest BCUT2D eigenvalue weighted by atomic mass is 9.71. The van der Waals surface area contributed by atoms with Gasteiger partial charge in [0.2, 0.25) is 5.91 Å². The molecule has 1 saturated carbocycles. The van der Waals surface area contributed by atoms with Crippen molar-refractivity contribution in [2.45, 2.75) is 58.0 Å². The van der Waals surface area contributed by atoms with Gasteiger partial charge in [0.15, 0.2) is 5.69 Å². The van der Waals surface area contributed by atoms with Crippen LogP contribution in [0.15, 0.2) is 40.9 Å². The van der Waals surface area contributed by atoms with E-state index in [1.807, 2.05) is 36.7 Å². The first-order valence-corrected chi connectivity index (χ1v) is 13.1. The quantitative estimate of drug-likeness (QED) is 0.408. The van der Waals surface area contributed by atoms with Crippen LogP contribution in [0.25, 0.3) is 10.9 Å². The number of hydrogen-bond acceptors (Lipinski definition) is 3. The molecule has 3 aromatic rings. The fourth-order valence-corrected chi connectivity index (χ4v) is 6.07. The van der Waals surface area contributed by atoms with Gasteiger partial charge in [-0.3, -0.25) is 14.3 Å². The highest BCUT2D eigenvalue weighted by atomic mass is 79.9. The number of carbonyl (C=O) groups excluding carboxylic acids is 2. The molecule has 1 aromatic heterocycles. The fraction of sp³-hybridized carbons (Fsp3) is 0.423. The second kappa shape index (κ2) is 9.21. The minimum absolute atomic E-state index is 0.0147. The second-order valence-corrected chi connectivity index (χ2v) is 11.2. The van der Waals surface area contributed by atoms with E-state index in [4.69, 9.17) is 11.6 Å². The highest BCUT2D eigenvalue weighted by Gasteiger charge is 2.49. The molecule has 1 spiro atoms. The summed E-state index contributed by atoms with van der Waals surface area (Å²) < 4.78 is 16.3. The van der Waals surface area contributed by atoms with Crippen LogP contribution in [0, 0.1) is 11.2 Å². The van der Waals surface area contributed by atoms with Gasteiger partial charge >= 0.3 is 0 Å². The topological polar surface area (TPSA) is 67.2 Å². The maximum absolute atomic E-state index is 13.5. The van der Waals surface area contributed by atoms with E-state index in [0.717, 1.165) is 34.6 Å². The smallest absolute Gasteiger partial charge is 0.272 e. The summed E-state index contributed by atoms with van der Waals surface area (Å²) in [6.07, 6.45) is 3.56. The number of carbonyl (C=O) groups is 2. The van der Waals surface area contributed by atoms with Gasteiger partial charge in [-0.25, -0.2) is 4.39 Å². The van der Waals surface area contributed by atoms with Crippen LogP contribution in [0.1, 0.15) is 62.5 Å². The van der Waals surface area contributed by atoms with Gasteiger partial charge < -0.3 is 10.2 Å². The molecule has 2 aromatic carbocycles. The predicted molar refractivity (Wildman–Crippen MR) is 138 cm³/mol. The van der Waals surface area contributed by atoms with E-state index in [1.54, 1.807) is 11.0 Å². The lowest BCUT2D eigenvalue weighted by Crippen LogP contribution is -2.44. The van der Waals surface area contributed by atoms with Gasteiger partial charge in [-0.2, -0.15) is 5.10 Å². The monoisotopic (exact) mass is 560 g/mol. The lowest BCUT2D eigenvalue weighted by molar-refractivity contribution is -0.127. The first kappa shape index (κ1) is 24.3. The van der Waals surface area contributed by atoms with E-state index in [2.05, 4.69) is 26.3 Å². The molecule has 0 unspecified atom stereocenters. The molecule has 1 aliphatic heterocycles. The van der Waals surface area contributed by atoms with Crippen molar-refractivity contribution >= 4 is 55.9 Å². The van der Waals surface area contributed by atoms with Crippen LogP contribution in [0.4, 0.5) is 10.1 Å². The SMILES string of the molecule is CC(C)n1nc(C(=O)N[C@H]2CC[C@@]3(CCN(c4ccc(F)cc4Cl)C3=O)CC2)c2ccc(Br)cc21. The van der Waals surface area contributed by atoms with Gasteiger partial charge in [0.05, 0.1) is 21.6 Å². The summed E-state index contributed by atoms with van der Waals surface area (Å²) in [6.45, 7) is 4.64. The molecule has 1 saturated heterocycles. The van der Waals surface area contributed by atoms with Crippen LogP contribution in [-0.2, 0) is 4.79 Å². The zero-order valence-electron chi connectivity index (χ0n) is 19.7. The third-order valence-corrected chi connectivity index (χ3v) is 8.16. The van der Waals surface area contributed by atoms with Crippen molar-refractivity contribution in [2.75, 3.05) is 11.4 Å². The van der Waals surface area contributed by atoms with E-state index in [9.17, 15) is 14.0 Å². The number of amides is 2. The molecular formula is C26H27BrClFN4O2. The summed E-state index contributed by atoms with van der Waals surface area (Å²) in [6, 6.07) is 10.1. The van der Waals surface area contributed by atoms with Gasteiger partial charge in [-0.05, 0) is 82.3 Å². The van der Waals surface area contributed by atoms with E-state index >= 15 is 0 Å². The van der Waals surface area contributed by atoms with Gasteiger partial charge in [-0.1, -0.05) is 27.5 Å². The number of benzene rings is 2. The molecule has 5 rings (SSSR count). The number of aromatic nitrogens is 2. The first-order valence-electron chi connectivity index (χ1n) is 11.9. The number of halogens is 3. The summed E-state index contributed by atoms with van der Waals surface area (Å²) in [7, 11) is 0. The van der Waals surface area contributed by atoms with Crippen LogP contribution in [0.5, 0.6) is 0 Å². The zero-order chi connectivity index (χ0) is 24.9. The summed E-state index contributed by atoms with van der Waals surface area (Å²) in [5.41, 5.74) is 1.45. The Labute approximate surface area is 216 Å². The summed E-state index contributed by atoms with van der Waals surface area (Å²) in [4.78, 5) is 28.3. The molecule has 0 bridgehead atoms. The van der Waals surface area contributed by atoms with Crippen molar-refractivity contribution in [3.8, 4) is 0 Å². The number of hydrogen-bond donors (Lipinski definition) is 1. The maximum atomic E-state index is 13.5. The number of nitrogens with zero attached hydrogens (tertiary/aromatic N) is 3. The predicted octanol–water partition coefficient (Wildman–Crippen LogP) is 6.27. The van der Waals surface area contributed by atoms with E-state index in [-0.39, 0.29) is 28.9 Å². The molecule has 2 aliphatic rings. The summed E-state index contributed by atoms with van der Waals surface area (Å²) >= 11 is 9.73. The Kier molecular flexibility index (Phi) is 6.38. The molecule has 184 valence electrons. The molecular weight excluding hydrogens is 535 g/mol. The molecule has 6 nitrogen and oxygen atoms in total. The molecule has 1 N–H and O–H groups in total. The van der Waals surface area contributed by atoms with Crippen molar-refractivity contribution in [1.82, 2.24) is 15.1 Å². The molecule has 1 aliphatic carbocycles. The molecule has 9 heteroatoms. The van der Waals surface area contributed by atoms with Crippen LogP contribution in [0.2, 0.25) is 5.02 Å². The van der Waals surface area contributed by atoms with Crippen molar-refractivity contribution in [3.05, 3.63) is 57.4 Å². The first-order chi connectivity index (χ1) is 16.7. The molecule has 0 atom stereocenters.